The molecule has 3 rings (SSSR count). The summed E-state index contributed by atoms with van der Waals surface area (Å²) >= 11 is 1.21. The number of thiophene rings is 1. The molecule has 0 bridgehead atoms. The van der Waals surface area contributed by atoms with E-state index in [0.717, 1.165) is 17.7 Å². The maximum atomic E-state index is 12.6. The highest BCUT2D eigenvalue weighted by molar-refractivity contribution is 7.91. The van der Waals surface area contributed by atoms with Gasteiger partial charge in [0.15, 0.2) is 0 Å². The average molecular weight is 373 g/mol. The predicted octanol–water partition coefficient (Wildman–Crippen LogP) is 1.71. The van der Waals surface area contributed by atoms with Crippen LogP contribution in [-0.4, -0.2) is 61.9 Å². The van der Waals surface area contributed by atoms with Crippen LogP contribution >= 0.6 is 11.3 Å². The number of nitrogens with zero attached hydrogens (tertiary/aromatic N) is 2. The molecule has 0 saturated carbocycles. The lowest BCUT2D eigenvalue weighted by atomic mass is 10.2. The Labute approximate surface area is 147 Å². The van der Waals surface area contributed by atoms with Gasteiger partial charge in [0.05, 0.1) is 25.2 Å². The van der Waals surface area contributed by atoms with Gasteiger partial charge in [-0.15, -0.1) is 11.3 Å². The summed E-state index contributed by atoms with van der Waals surface area (Å²) < 4.78 is 32.5. The van der Waals surface area contributed by atoms with Crippen LogP contribution in [0.5, 0.6) is 0 Å². The summed E-state index contributed by atoms with van der Waals surface area (Å²) in [5.41, 5.74) is 0. The first-order valence-corrected chi connectivity index (χ1v) is 10.6. The summed E-state index contributed by atoms with van der Waals surface area (Å²) in [6, 6.07) is 3.45. The smallest absolute Gasteiger partial charge is 0.252 e. The standard InChI is InChI=1S/C16H24N2O4S2/c1-12-11-22-13(2)10-18(12)15(19)9-14-5-6-16(23-14)24(20,21)17-7-3-4-8-17/h5-6,12-13H,3-4,7-11H2,1-2H3. The first-order valence-electron chi connectivity index (χ1n) is 8.38. The fraction of sp³-hybridized carbons (Fsp3) is 0.688. The number of hydrogen-bond donors (Lipinski definition) is 0. The Morgan fingerprint density at radius 1 is 1.29 bits per heavy atom. The number of morpholine rings is 1. The number of carbonyl (C=O) groups is 1. The van der Waals surface area contributed by atoms with Crippen molar-refractivity contribution in [2.45, 2.75) is 49.5 Å². The Balaban J connectivity index is 1.68. The molecule has 1 aromatic rings. The van der Waals surface area contributed by atoms with Crippen LogP contribution in [-0.2, 0) is 26.0 Å². The Kier molecular flexibility index (Phi) is 5.29. The van der Waals surface area contributed by atoms with Crippen molar-refractivity contribution in [1.82, 2.24) is 9.21 Å². The fourth-order valence-corrected chi connectivity index (χ4v) is 6.17. The summed E-state index contributed by atoms with van der Waals surface area (Å²) in [5.74, 6) is 0.0321. The lowest BCUT2D eigenvalue weighted by molar-refractivity contribution is -0.142. The van der Waals surface area contributed by atoms with E-state index < -0.39 is 10.0 Å². The van der Waals surface area contributed by atoms with Gasteiger partial charge in [0.2, 0.25) is 5.91 Å². The lowest BCUT2D eigenvalue weighted by Crippen LogP contribution is -2.50. The SMILES string of the molecule is CC1CN(C(=O)Cc2ccc(S(=O)(=O)N3CCCC3)s2)C(C)CO1. The zero-order valence-electron chi connectivity index (χ0n) is 14.1. The van der Waals surface area contributed by atoms with Crippen LogP contribution < -0.4 is 0 Å². The molecule has 2 aliphatic heterocycles. The van der Waals surface area contributed by atoms with E-state index in [-0.39, 0.29) is 24.5 Å². The highest BCUT2D eigenvalue weighted by Crippen LogP contribution is 2.28. The van der Waals surface area contributed by atoms with Crippen LogP contribution in [0.2, 0.25) is 0 Å². The average Bonchev–Trinajstić information content (AvgIpc) is 3.21. The predicted molar refractivity (Wildman–Crippen MR) is 92.6 cm³/mol. The molecule has 24 heavy (non-hydrogen) atoms. The zero-order chi connectivity index (χ0) is 17.3. The van der Waals surface area contributed by atoms with Gasteiger partial charge in [-0.25, -0.2) is 8.42 Å². The summed E-state index contributed by atoms with van der Waals surface area (Å²) in [7, 11) is -3.39. The number of amides is 1. The van der Waals surface area contributed by atoms with E-state index >= 15 is 0 Å². The molecule has 3 heterocycles. The molecule has 0 aromatic carbocycles. The van der Waals surface area contributed by atoms with Gasteiger partial charge in [-0.1, -0.05) is 0 Å². The van der Waals surface area contributed by atoms with Crippen molar-refractivity contribution in [1.29, 1.82) is 0 Å². The van der Waals surface area contributed by atoms with Crippen molar-refractivity contribution in [3.05, 3.63) is 17.0 Å². The molecule has 0 aliphatic carbocycles. The highest BCUT2D eigenvalue weighted by atomic mass is 32.2. The number of carbonyl (C=O) groups excluding carboxylic acids is 1. The van der Waals surface area contributed by atoms with Gasteiger partial charge in [-0.2, -0.15) is 4.31 Å². The second kappa shape index (κ2) is 7.11. The molecule has 1 amide bonds. The number of ether oxygens (including phenoxy) is 1. The van der Waals surface area contributed by atoms with Crippen LogP contribution in [0.25, 0.3) is 0 Å². The first-order chi connectivity index (χ1) is 11.4. The second-order valence-electron chi connectivity index (χ2n) is 6.55. The van der Waals surface area contributed by atoms with E-state index in [9.17, 15) is 13.2 Å². The van der Waals surface area contributed by atoms with E-state index in [4.69, 9.17) is 4.74 Å². The zero-order valence-corrected chi connectivity index (χ0v) is 15.7. The molecule has 2 unspecified atom stereocenters. The van der Waals surface area contributed by atoms with Gasteiger partial charge in [-0.3, -0.25) is 4.79 Å². The van der Waals surface area contributed by atoms with E-state index in [0.29, 0.717) is 30.5 Å². The van der Waals surface area contributed by atoms with E-state index in [1.807, 2.05) is 18.7 Å². The largest absolute Gasteiger partial charge is 0.375 e. The molecule has 8 heteroatoms. The highest BCUT2D eigenvalue weighted by Gasteiger charge is 2.30. The fourth-order valence-electron chi connectivity index (χ4n) is 3.15. The van der Waals surface area contributed by atoms with Crippen molar-refractivity contribution < 1.29 is 17.9 Å². The normalized spacial score (nSPS) is 26.0. The second-order valence-corrected chi connectivity index (χ2v) is 9.88. The lowest BCUT2D eigenvalue weighted by Gasteiger charge is -2.36. The van der Waals surface area contributed by atoms with Crippen molar-refractivity contribution in [2.75, 3.05) is 26.2 Å². The molecule has 2 atom stereocenters. The molecule has 2 saturated heterocycles. The molecular formula is C16H24N2O4S2. The monoisotopic (exact) mass is 372 g/mol. The van der Waals surface area contributed by atoms with Gasteiger partial charge >= 0.3 is 0 Å². The summed E-state index contributed by atoms with van der Waals surface area (Å²) in [4.78, 5) is 15.2. The number of sulfonamides is 1. The molecule has 6 nitrogen and oxygen atoms in total. The van der Waals surface area contributed by atoms with Gasteiger partial charge in [0.25, 0.3) is 10.0 Å². The van der Waals surface area contributed by atoms with Crippen LogP contribution in [0.15, 0.2) is 16.3 Å². The molecule has 1 aromatic heterocycles. The Hall–Kier alpha value is -0.960. The molecular weight excluding hydrogens is 348 g/mol. The van der Waals surface area contributed by atoms with Crippen LogP contribution in [0, 0.1) is 0 Å². The molecule has 0 N–H and O–H groups in total. The molecule has 0 radical (unpaired) electrons. The summed E-state index contributed by atoms with van der Waals surface area (Å²) in [6.45, 7) is 6.26. The molecule has 134 valence electrons. The maximum absolute atomic E-state index is 12.6. The van der Waals surface area contributed by atoms with Crippen molar-refractivity contribution in [3.63, 3.8) is 0 Å². The summed E-state index contributed by atoms with van der Waals surface area (Å²) in [6.07, 6.45) is 2.13. The third-order valence-electron chi connectivity index (χ3n) is 4.55. The Bertz CT molecular complexity index is 695. The minimum absolute atomic E-state index is 0.0321. The van der Waals surface area contributed by atoms with Gasteiger partial charge in [0.1, 0.15) is 4.21 Å². The van der Waals surface area contributed by atoms with E-state index in [1.54, 1.807) is 12.1 Å². The Morgan fingerprint density at radius 3 is 2.71 bits per heavy atom. The van der Waals surface area contributed by atoms with Crippen molar-refractivity contribution in [2.24, 2.45) is 0 Å². The van der Waals surface area contributed by atoms with Gasteiger partial charge < -0.3 is 9.64 Å². The van der Waals surface area contributed by atoms with Gasteiger partial charge in [-0.05, 0) is 38.8 Å². The minimum Gasteiger partial charge on any atom is -0.375 e. The molecule has 2 fully saturated rings. The number of rotatable bonds is 4. The number of hydrogen-bond acceptors (Lipinski definition) is 5. The van der Waals surface area contributed by atoms with E-state index in [1.165, 1.54) is 15.6 Å². The first kappa shape index (κ1) is 17.8. The Morgan fingerprint density at radius 2 is 2.00 bits per heavy atom. The topological polar surface area (TPSA) is 66.9 Å². The summed E-state index contributed by atoms with van der Waals surface area (Å²) in [5, 5.41) is 0. The third kappa shape index (κ3) is 3.66. The van der Waals surface area contributed by atoms with Gasteiger partial charge in [0, 0.05) is 24.5 Å². The minimum atomic E-state index is -3.39. The van der Waals surface area contributed by atoms with Crippen molar-refractivity contribution >= 4 is 27.3 Å². The quantitative estimate of drug-likeness (QED) is 0.807. The van der Waals surface area contributed by atoms with Crippen LogP contribution in [0.4, 0.5) is 0 Å². The molecule has 0 spiro atoms. The molecule has 2 aliphatic rings. The van der Waals surface area contributed by atoms with Crippen molar-refractivity contribution in [3.8, 4) is 0 Å². The van der Waals surface area contributed by atoms with Crippen LogP contribution in [0.1, 0.15) is 31.6 Å². The van der Waals surface area contributed by atoms with E-state index in [2.05, 4.69) is 0 Å². The third-order valence-corrected chi connectivity index (χ3v) is 8.00. The maximum Gasteiger partial charge on any atom is 0.252 e. The van der Waals surface area contributed by atoms with Crippen LogP contribution in [0.3, 0.4) is 0 Å².